The summed E-state index contributed by atoms with van der Waals surface area (Å²) in [6.45, 7) is 0.0336. The maximum Gasteiger partial charge on any atom is 0.327 e. The first-order chi connectivity index (χ1) is 6.24. The number of aliphatic carboxylic acids is 1. The molecular weight excluding hydrogens is 170 g/mol. The molecule has 4 N–H and O–H groups in total. The number of carbonyl (C=O) groups is 1. The molecule has 1 atom stereocenters. The van der Waals surface area contributed by atoms with E-state index >= 15 is 0 Å². The lowest BCUT2D eigenvalue weighted by Crippen LogP contribution is -2.36. The van der Waals surface area contributed by atoms with Crippen molar-refractivity contribution >= 4 is 11.8 Å². The summed E-state index contributed by atoms with van der Waals surface area (Å²) in [5, 5.41) is 11.4. The largest absolute Gasteiger partial charge is 0.480 e. The lowest BCUT2D eigenvalue weighted by Gasteiger charge is -2.11. The summed E-state index contributed by atoms with van der Waals surface area (Å²) in [4.78, 5) is 14.5. The molecule has 0 saturated carbocycles. The van der Waals surface area contributed by atoms with Crippen LogP contribution < -0.4 is 11.1 Å². The molecule has 0 aliphatic heterocycles. The highest BCUT2D eigenvalue weighted by Gasteiger charge is 2.14. The number of rotatable bonds is 4. The zero-order valence-corrected chi connectivity index (χ0v) is 6.97. The summed E-state index contributed by atoms with van der Waals surface area (Å²) in [5.41, 5.74) is 5.25. The minimum atomic E-state index is -0.979. The molecule has 0 radical (unpaired) electrons. The van der Waals surface area contributed by atoms with E-state index in [-0.39, 0.29) is 6.54 Å². The zero-order chi connectivity index (χ0) is 9.68. The second-order valence-electron chi connectivity index (χ2n) is 2.49. The van der Waals surface area contributed by atoms with Crippen molar-refractivity contribution in [1.82, 2.24) is 4.98 Å². The Morgan fingerprint density at radius 1 is 1.69 bits per heavy atom. The smallest absolute Gasteiger partial charge is 0.327 e. The van der Waals surface area contributed by atoms with Crippen LogP contribution in [-0.2, 0) is 4.79 Å². The number of hydrogen-bond donors (Lipinski definition) is 3. The summed E-state index contributed by atoms with van der Waals surface area (Å²) >= 11 is 0. The Morgan fingerprint density at radius 3 is 2.92 bits per heavy atom. The van der Waals surface area contributed by atoms with Crippen LogP contribution in [0, 0.1) is 0 Å². The monoisotopic (exact) mass is 181 g/mol. The Labute approximate surface area is 75.6 Å². The maximum atomic E-state index is 10.6. The molecule has 70 valence electrons. The van der Waals surface area contributed by atoms with Gasteiger partial charge in [0.2, 0.25) is 0 Å². The van der Waals surface area contributed by atoms with Gasteiger partial charge in [0, 0.05) is 12.7 Å². The van der Waals surface area contributed by atoms with Crippen LogP contribution in [0.5, 0.6) is 0 Å². The lowest BCUT2D eigenvalue weighted by atomic mass is 10.3. The highest BCUT2D eigenvalue weighted by Crippen LogP contribution is 2.01. The molecule has 0 saturated heterocycles. The van der Waals surface area contributed by atoms with Gasteiger partial charge in [-0.3, -0.25) is 0 Å². The minimum absolute atomic E-state index is 0.0336. The Hall–Kier alpha value is -1.62. The predicted octanol–water partition coefficient (Wildman–Crippen LogP) is -0.0946. The lowest BCUT2D eigenvalue weighted by molar-refractivity contribution is -0.137. The molecule has 0 amide bonds. The van der Waals surface area contributed by atoms with Crippen molar-refractivity contribution < 1.29 is 9.90 Å². The fraction of sp³-hybridized carbons (Fsp3) is 0.250. The number of nitrogens with zero attached hydrogens (tertiary/aromatic N) is 1. The van der Waals surface area contributed by atoms with Crippen molar-refractivity contribution in [2.45, 2.75) is 6.04 Å². The quantitative estimate of drug-likeness (QED) is 0.604. The molecular formula is C8H11N3O2. The Kier molecular flexibility index (Phi) is 3.22. The molecule has 0 aliphatic carbocycles. The standard InChI is InChI=1S/C8H11N3O2/c9-5-6(8(12)13)11-7-3-1-2-4-10-7/h1-4,6H,5,9H2,(H,10,11)(H,12,13)/t6-/m0/s1. The number of anilines is 1. The number of hydrogen-bond acceptors (Lipinski definition) is 4. The van der Waals surface area contributed by atoms with Gasteiger partial charge in [-0.25, -0.2) is 9.78 Å². The molecule has 1 aromatic rings. The molecule has 1 heterocycles. The Morgan fingerprint density at radius 2 is 2.46 bits per heavy atom. The van der Waals surface area contributed by atoms with Gasteiger partial charge >= 0.3 is 5.97 Å². The number of nitrogens with one attached hydrogen (secondary N) is 1. The molecule has 0 bridgehead atoms. The van der Waals surface area contributed by atoms with Gasteiger partial charge in [0.15, 0.2) is 0 Å². The number of carboxylic acids is 1. The highest BCUT2D eigenvalue weighted by molar-refractivity contribution is 5.77. The van der Waals surface area contributed by atoms with E-state index in [1.807, 2.05) is 0 Å². The summed E-state index contributed by atoms with van der Waals surface area (Å²) in [5.74, 6) is -0.464. The van der Waals surface area contributed by atoms with Crippen LogP contribution in [0.1, 0.15) is 0 Å². The highest BCUT2D eigenvalue weighted by atomic mass is 16.4. The first kappa shape index (κ1) is 9.47. The van der Waals surface area contributed by atoms with E-state index in [1.54, 1.807) is 24.4 Å². The predicted molar refractivity (Wildman–Crippen MR) is 48.3 cm³/mol. The van der Waals surface area contributed by atoms with Gasteiger partial charge in [-0.05, 0) is 12.1 Å². The maximum absolute atomic E-state index is 10.6. The van der Waals surface area contributed by atoms with Gasteiger partial charge in [0.1, 0.15) is 11.9 Å². The normalized spacial score (nSPS) is 12.1. The molecule has 1 aromatic heterocycles. The number of nitrogens with two attached hydrogens (primary N) is 1. The number of pyridine rings is 1. The molecule has 0 aromatic carbocycles. The van der Waals surface area contributed by atoms with Crippen molar-refractivity contribution in [1.29, 1.82) is 0 Å². The first-order valence-corrected chi connectivity index (χ1v) is 3.84. The third-order valence-electron chi connectivity index (χ3n) is 1.52. The topological polar surface area (TPSA) is 88.2 Å². The van der Waals surface area contributed by atoms with Gasteiger partial charge in [-0.1, -0.05) is 6.07 Å². The van der Waals surface area contributed by atoms with Crippen molar-refractivity contribution in [3.63, 3.8) is 0 Å². The third kappa shape index (κ3) is 2.72. The average Bonchev–Trinajstić information content (AvgIpc) is 2.15. The van der Waals surface area contributed by atoms with Crippen molar-refractivity contribution in [2.24, 2.45) is 5.73 Å². The van der Waals surface area contributed by atoms with Crippen LogP contribution in [0.15, 0.2) is 24.4 Å². The van der Waals surface area contributed by atoms with Crippen LogP contribution in [0.25, 0.3) is 0 Å². The van der Waals surface area contributed by atoms with Crippen molar-refractivity contribution in [3.8, 4) is 0 Å². The zero-order valence-electron chi connectivity index (χ0n) is 6.97. The minimum Gasteiger partial charge on any atom is -0.480 e. The first-order valence-electron chi connectivity index (χ1n) is 3.84. The van der Waals surface area contributed by atoms with Crippen molar-refractivity contribution in [2.75, 3.05) is 11.9 Å². The van der Waals surface area contributed by atoms with Crippen LogP contribution in [0.3, 0.4) is 0 Å². The van der Waals surface area contributed by atoms with Crippen LogP contribution >= 0.6 is 0 Å². The fourth-order valence-corrected chi connectivity index (χ4v) is 0.848. The van der Waals surface area contributed by atoms with E-state index < -0.39 is 12.0 Å². The summed E-state index contributed by atoms with van der Waals surface area (Å²) in [6, 6.07) is 4.43. The number of carboxylic acid groups (broad SMARTS) is 1. The van der Waals surface area contributed by atoms with E-state index in [1.165, 1.54) is 0 Å². The van der Waals surface area contributed by atoms with E-state index in [0.29, 0.717) is 5.82 Å². The van der Waals surface area contributed by atoms with Gasteiger partial charge in [-0.2, -0.15) is 0 Å². The number of aromatic nitrogens is 1. The van der Waals surface area contributed by atoms with E-state index in [9.17, 15) is 4.79 Å². The van der Waals surface area contributed by atoms with Gasteiger partial charge < -0.3 is 16.2 Å². The molecule has 0 fully saturated rings. The molecule has 5 heteroatoms. The summed E-state index contributed by atoms with van der Waals surface area (Å²) in [6.07, 6.45) is 1.58. The Bertz CT molecular complexity index is 276. The van der Waals surface area contributed by atoms with Gasteiger partial charge in [-0.15, -0.1) is 0 Å². The van der Waals surface area contributed by atoms with E-state index in [2.05, 4.69) is 10.3 Å². The molecule has 0 aliphatic rings. The van der Waals surface area contributed by atoms with Crippen LogP contribution in [-0.4, -0.2) is 28.6 Å². The van der Waals surface area contributed by atoms with Gasteiger partial charge in [0.25, 0.3) is 0 Å². The molecule has 0 unspecified atom stereocenters. The molecule has 0 spiro atoms. The molecule has 13 heavy (non-hydrogen) atoms. The average molecular weight is 181 g/mol. The second-order valence-corrected chi connectivity index (χ2v) is 2.49. The van der Waals surface area contributed by atoms with E-state index in [0.717, 1.165) is 0 Å². The SMILES string of the molecule is NC[C@H](Nc1ccccn1)C(=O)O. The van der Waals surface area contributed by atoms with E-state index in [4.69, 9.17) is 10.8 Å². The fourth-order valence-electron chi connectivity index (χ4n) is 0.848. The second kappa shape index (κ2) is 4.42. The van der Waals surface area contributed by atoms with Crippen LogP contribution in [0.4, 0.5) is 5.82 Å². The summed E-state index contributed by atoms with van der Waals surface area (Å²) < 4.78 is 0. The van der Waals surface area contributed by atoms with Gasteiger partial charge in [0.05, 0.1) is 0 Å². The summed E-state index contributed by atoms with van der Waals surface area (Å²) in [7, 11) is 0. The van der Waals surface area contributed by atoms with Crippen LogP contribution in [0.2, 0.25) is 0 Å². The third-order valence-corrected chi connectivity index (χ3v) is 1.52. The Balaban J connectivity index is 2.62. The van der Waals surface area contributed by atoms with Crippen molar-refractivity contribution in [3.05, 3.63) is 24.4 Å². The molecule has 5 nitrogen and oxygen atoms in total. The molecule has 1 rings (SSSR count).